The van der Waals surface area contributed by atoms with Gasteiger partial charge in [0.25, 0.3) is 0 Å². The first kappa shape index (κ1) is 13.8. The molecule has 0 spiro atoms. The standard InChI is InChI=1S/C16H20N4O/c1-20-9-7-14(19-20)6-8-17-16(21)15-10-12-4-2-3-5-13(12)11-18-15/h2-5,7,9,15,18H,6,8,10-11H2,1H3,(H,17,21). The Labute approximate surface area is 124 Å². The minimum Gasteiger partial charge on any atom is -0.354 e. The van der Waals surface area contributed by atoms with E-state index in [1.807, 2.05) is 31.4 Å². The minimum absolute atomic E-state index is 0.0698. The molecule has 2 N–H and O–H groups in total. The zero-order chi connectivity index (χ0) is 14.7. The van der Waals surface area contributed by atoms with Crippen LogP contribution in [0.2, 0.25) is 0 Å². The van der Waals surface area contributed by atoms with Crippen molar-refractivity contribution >= 4 is 5.91 Å². The number of amides is 1. The van der Waals surface area contributed by atoms with Gasteiger partial charge in [-0.1, -0.05) is 24.3 Å². The van der Waals surface area contributed by atoms with Crippen LogP contribution in [-0.2, 0) is 31.2 Å². The summed E-state index contributed by atoms with van der Waals surface area (Å²) in [6, 6.07) is 10.1. The SMILES string of the molecule is Cn1ccc(CCNC(=O)C2Cc3ccccc3CN2)n1. The Hall–Kier alpha value is -2.14. The summed E-state index contributed by atoms with van der Waals surface area (Å²) in [4.78, 5) is 12.2. The lowest BCUT2D eigenvalue weighted by Gasteiger charge is -2.25. The lowest BCUT2D eigenvalue weighted by Crippen LogP contribution is -2.48. The number of fused-ring (bicyclic) bond motifs is 1. The summed E-state index contributed by atoms with van der Waals surface area (Å²) in [7, 11) is 1.89. The van der Waals surface area contributed by atoms with Crippen LogP contribution in [-0.4, -0.2) is 28.3 Å². The van der Waals surface area contributed by atoms with Crippen LogP contribution in [0.3, 0.4) is 0 Å². The van der Waals surface area contributed by atoms with E-state index < -0.39 is 0 Å². The van der Waals surface area contributed by atoms with Gasteiger partial charge in [-0.25, -0.2) is 0 Å². The normalized spacial score (nSPS) is 17.3. The average molecular weight is 284 g/mol. The molecule has 21 heavy (non-hydrogen) atoms. The Balaban J connectivity index is 1.50. The fraction of sp³-hybridized carbons (Fsp3) is 0.375. The smallest absolute Gasteiger partial charge is 0.237 e. The molecule has 1 aliphatic rings. The molecule has 0 bridgehead atoms. The minimum atomic E-state index is -0.136. The van der Waals surface area contributed by atoms with Crippen molar-refractivity contribution in [2.75, 3.05) is 6.54 Å². The molecule has 1 atom stereocenters. The molecule has 0 aliphatic carbocycles. The van der Waals surface area contributed by atoms with Gasteiger partial charge in [0.1, 0.15) is 0 Å². The largest absolute Gasteiger partial charge is 0.354 e. The van der Waals surface area contributed by atoms with Crippen molar-refractivity contribution in [1.82, 2.24) is 20.4 Å². The predicted octanol–water partition coefficient (Wildman–Crippen LogP) is 0.793. The lowest BCUT2D eigenvalue weighted by molar-refractivity contribution is -0.123. The zero-order valence-electron chi connectivity index (χ0n) is 12.2. The summed E-state index contributed by atoms with van der Waals surface area (Å²) in [5, 5.41) is 10.6. The molecule has 2 heterocycles. The summed E-state index contributed by atoms with van der Waals surface area (Å²) in [6.45, 7) is 1.38. The Morgan fingerprint density at radius 3 is 2.95 bits per heavy atom. The first-order valence-electron chi connectivity index (χ1n) is 7.29. The summed E-state index contributed by atoms with van der Waals surface area (Å²) in [5.41, 5.74) is 3.55. The highest BCUT2D eigenvalue weighted by Crippen LogP contribution is 2.16. The van der Waals surface area contributed by atoms with Crippen LogP contribution in [0.15, 0.2) is 36.5 Å². The molecule has 5 heteroatoms. The molecule has 1 unspecified atom stereocenters. The highest BCUT2D eigenvalue weighted by molar-refractivity contribution is 5.82. The highest BCUT2D eigenvalue weighted by atomic mass is 16.2. The molecule has 1 amide bonds. The van der Waals surface area contributed by atoms with E-state index in [2.05, 4.69) is 27.9 Å². The molecule has 1 aliphatic heterocycles. The fourth-order valence-electron chi connectivity index (χ4n) is 2.67. The van der Waals surface area contributed by atoms with Crippen molar-refractivity contribution in [3.8, 4) is 0 Å². The number of nitrogens with zero attached hydrogens (tertiary/aromatic N) is 2. The maximum Gasteiger partial charge on any atom is 0.237 e. The molecular weight excluding hydrogens is 264 g/mol. The maximum atomic E-state index is 12.2. The van der Waals surface area contributed by atoms with Crippen molar-refractivity contribution in [2.24, 2.45) is 7.05 Å². The first-order chi connectivity index (χ1) is 10.2. The first-order valence-corrected chi connectivity index (χ1v) is 7.29. The van der Waals surface area contributed by atoms with Crippen LogP contribution in [0.4, 0.5) is 0 Å². The molecule has 1 aromatic carbocycles. The van der Waals surface area contributed by atoms with Gasteiger partial charge < -0.3 is 10.6 Å². The van der Waals surface area contributed by atoms with Crippen molar-refractivity contribution in [2.45, 2.75) is 25.4 Å². The second-order valence-electron chi connectivity index (χ2n) is 5.43. The molecule has 1 aromatic heterocycles. The summed E-state index contributed by atoms with van der Waals surface area (Å²) in [6.07, 6.45) is 3.43. The van der Waals surface area contributed by atoms with Gasteiger partial charge in [0.2, 0.25) is 5.91 Å². The molecule has 0 radical (unpaired) electrons. The van der Waals surface area contributed by atoms with Gasteiger partial charge >= 0.3 is 0 Å². The number of rotatable bonds is 4. The fourth-order valence-corrected chi connectivity index (χ4v) is 2.67. The van der Waals surface area contributed by atoms with Crippen LogP contribution in [0.5, 0.6) is 0 Å². The second-order valence-corrected chi connectivity index (χ2v) is 5.43. The molecule has 0 saturated heterocycles. The molecule has 5 nitrogen and oxygen atoms in total. The number of aromatic nitrogens is 2. The number of aryl methyl sites for hydroxylation is 1. The summed E-state index contributed by atoms with van der Waals surface area (Å²) < 4.78 is 1.77. The molecule has 0 fully saturated rings. The molecule has 3 rings (SSSR count). The number of carbonyl (C=O) groups excluding carboxylic acids is 1. The van der Waals surface area contributed by atoms with Crippen molar-refractivity contribution in [3.05, 3.63) is 53.3 Å². The number of nitrogens with one attached hydrogen (secondary N) is 2. The van der Waals surface area contributed by atoms with Gasteiger partial charge in [0, 0.05) is 32.8 Å². The Morgan fingerprint density at radius 2 is 2.19 bits per heavy atom. The van der Waals surface area contributed by atoms with Gasteiger partial charge in [-0.3, -0.25) is 9.48 Å². The monoisotopic (exact) mass is 284 g/mol. The van der Waals surface area contributed by atoms with Crippen LogP contribution >= 0.6 is 0 Å². The van der Waals surface area contributed by atoms with Crippen LogP contribution in [0.25, 0.3) is 0 Å². The van der Waals surface area contributed by atoms with Crippen LogP contribution < -0.4 is 10.6 Å². The van der Waals surface area contributed by atoms with Crippen molar-refractivity contribution in [1.29, 1.82) is 0 Å². The lowest BCUT2D eigenvalue weighted by atomic mass is 9.95. The van der Waals surface area contributed by atoms with Crippen molar-refractivity contribution < 1.29 is 4.79 Å². The third-order valence-corrected chi connectivity index (χ3v) is 3.85. The van der Waals surface area contributed by atoms with E-state index in [0.717, 1.165) is 25.1 Å². The Bertz CT molecular complexity index is 635. The second kappa shape index (κ2) is 6.10. The third-order valence-electron chi connectivity index (χ3n) is 3.85. The summed E-state index contributed by atoms with van der Waals surface area (Å²) in [5.74, 6) is 0.0698. The van der Waals surface area contributed by atoms with E-state index in [1.54, 1.807) is 4.68 Å². The number of hydrogen-bond donors (Lipinski definition) is 2. The molecule has 2 aromatic rings. The van der Waals surface area contributed by atoms with E-state index in [0.29, 0.717) is 6.54 Å². The highest BCUT2D eigenvalue weighted by Gasteiger charge is 2.23. The average Bonchev–Trinajstić information content (AvgIpc) is 2.92. The third kappa shape index (κ3) is 3.31. The van der Waals surface area contributed by atoms with E-state index in [4.69, 9.17) is 0 Å². The van der Waals surface area contributed by atoms with E-state index in [-0.39, 0.29) is 11.9 Å². The molecule has 0 saturated carbocycles. The topological polar surface area (TPSA) is 59.0 Å². The predicted molar refractivity (Wildman–Crippen MR) is 80.7 cm³/mol. The van der Waals surface area contributed by atoms with Gasteiger partial charge in [0.05, 0.1) is 11.7 Å². The Kier molecular flexibility index (Phi) is 4.01. The number of benzene rings is 1. The molecule has 110 valence electrons. The van der Waals surface area contributed by atoms with Gasteiger partial charge in [-0.05, 0) is 23.6 Å². The number of carbonyl (C=O) groups is 1. The van der Waals surface area contributed by atoms with Gasteiger partial charge in [-0.15, -0.1) is 0 Å². The maximum absolute atomic E-state index is 12.2. The van der Waals surface area contributed by atoms with Gasteiger partial charge in [0.15, 0.2) is 0 Å². The quantitative estimate of drug-likeness (QED) is 0.873. The van der Waals surface area contributed by atoms with Crippen LogP contribution in [0.1, 0.15) is 16.8 Å². The van der Waals surface area contributed by atoms with Gasteiger partial charge in [-0.2, -0.15) is 5.10 Å². The summed E-state index contributed by atoms with van der Waals surface area (Å²) >= 11 is 0. The molecular formula is C16H20N4O. The zero-order valence-corrected chi connectivity index (χ0v) is 12.2. The van der Waals surface area contributed by atoms with Crippen molar-refractivity contribution in [3.63, 3.8) is 0 Å². The number of hydrogen-bond acceptors (Lipinski definition) is 3. The van der Waals surface area contributed by atoms with E-state index >= 15 is 0 Å². The van der Waals surface area contributed by atoms with E-state index in [9.17, 15) is 4.79 Å². The Morgan fingerprint density at radius 1 is 1.38 bits per heavy atom. The van der Waals surface area contributed by atoms with Crippen LogP contribution in [0, 0.1) is 0 Å². The van der Waals surface area contributed by atoms with E-state index in [1.165, 1.54) is 11.1 Å².